The fourth-order valence-corrected chi connectivity index (χ4v) is 5.73. The van der Waals surface area contributed by atoms with Gasteiger partial charge in [0.2, 0.25) is 0 Å². The zero-order valence-corrected chi connectivity index (χ0v) is 20.4. The van der Waals surface area contributed by atoms with Crippen LogP contribution in [0.2, 0.25) is 0 Å². The number of fused-ring (bicyclic) bond motifs is 2. The Morgan fingerprint density at radius 1 is 1.12 bits per heavy atom. The van der Waals surface area contributed by atoms with E-state index in [9.17, 15) is 4.79 Å². The van der Waals surface area contributed by atoms with E-state index in [0.717, 1.165) is 41.7 Å². The lowest BCUT2D eigenvalue weighted by molar-refractivity contribution is 0.0950. The summed E-state index contributed by atoms with van der Waals surface area (Å²) in [5.41, 5.74) is 5.11. The molecular formula is C27H35N3OS. The number of aryl methyl sites for hydroxylation is 1. The summed E-state index contributed by atoms with van der Waals surface area (Å²) < 4.78 is 0. The van der Waals surface area contributed by atoms with Crippen LogP contribution in [0, 0.1) is 6.92 Å². The summed E-state index contributed by atoms with van der Waals surface area (Å²) in [6.07, 6.45) is 8.58. The van der Waals surface area contributed by atoms with E-state index in [1.807, 2.05) is 18.2 Å². The topological polar surface area (TPSA) is 44.7 Å². The van der Waals surface area contributed by atoms with Crippen LogP contribution in [0.5, 0.6) is 0 Å². The van der Waals surface area contributed by atoms with Gasteiger partial charge in [0, 0.05) is 39.2 Å². The second-order valence-electron chi connectivity index (χ2n) is 9.08. The number of benzene rings is 2. The van der Waals surface area contributed by atoms with E-state index in [2.05, 4.69) is 49.3 Å². The smallest absolute Gasteiger partial charge is 0.251 e. The van der Waals surface area contributed by atoms with Crippen molar-refractivity contribution < 1.29 is 4.79 Å². The Bertz CT molecular complexity index is 994. The number of rotatable bonds is 7. The van der Waals surface area contributed by atoms with Crippen molar-refractivity contribution in [3.63, 3.8) is 0 Å². The molecule has 0 radical (unpaired) electrons. The lowest BCUT2D eigenvalue weighted by Crippen LogP contribution is -2.35. The summed E-state index contributed by atoms with van der Waals surface area (Å²) in [5, 5.41) is 3.11. The zero-order valence-electron chi connectivity index (χ0n) is 19.6. The number of nitrogens with zero attached hydrogens (tertiary/aromatic N) is 2. The highest BCUT2D eigenvalue weighted by Crippen LogP contribution is 2.41. The fraction of sp³-hybridized carbons (Fsp3) is 0.481. The van der Waals surface area contributed by atoms with Gasteiger partial charge >= 0.3 is 0 Å². The number of nitrogens with one attached hydrogen (secondary N) is 1. The molecule has 4 nitrogen and oxygen atoms in total. The van der Waals surface area contributed by atoms with Gasteiger partial charge in [0.25, 0.3) is 5.91 Å². The summed E-state index contributed by atoms with van der Waals surface area (Å²) in [6.45, 7) is 6.00. The third kappa shape index (κ3) is 5.44. The summed E-state index contributed by atoms with van der Waals surface area (Å²) in [6, 6.07) is 13.2. The highest BCUT2D eigenvalue weighted by atomic mass is 32.2. The normalized spacial score (nSPS) is 16.2. The minimum absolute atomic E-state index is 0.0102. The average Bonchev–Trinajstić information content (AvgIpc) is 2.97. The summed E-state index contributed by atoms with van der Waals surface area (Å²) in [7, 11) is 2.23. The maximum Gasteiger partial charge on any atom is 0.251 e. The van der Waals surface area contributed by atoms with Crippen molar-refractivity contribution in [1.29, 1.82) is 0 Å². The Kier molecular flexibility index (Phi) is 7.69. The Balaban J connectivity index is 1.39. The molecule has 32 heavy (non-hydrogen) atoms. The first-order valence-electron chi connectivity index (χ1n) is 12.0. The molecule has 2 aromatic carbocycles. The monoisotopic (exact) mass is 449 g/mol. The lowest BCUT2D eigenvalue weighted by atomic mass is 9.94. The van der Waals surface area contributed by atoms with Gasteiger partial charge < -0.3 is 10.2 Å². The second-order valence-corrected chi connectivity index (χ2v) is 10.2. The molecule has 4 rings (SSSR count). The summed E-state index contributed by atoms with van der Waals surface area (Å²) in [5.74, 6) is -0.0102. The molecule has 2 aromatic rings. The van der Waals surface area contributed by atoms with Crippen LogP contribution >= 0.6 is 11.8 Å². The van der Waals surface area contributed by atoms with Crippen LogP contribution in [0.1, 0.15) is 73.4 Å². The predicted molar refractivity (Wildman–Crippen MR) is 135 cm³/mol. The number of hydrogen-bond donors (Lipinski definition) is 1. The van der Waals surface area contributed by atoms with Crippen molar-refractivity contribution in [3.8, 4) is 0 Å². The van der Waals surface area contributed by atoms with E-state index in [1.165, 1.54) is 48.1 Å². The largest absolute Gasteiger partial charge is 0.352 e. The molecule has 5 heteroatoms. The molecule has 0 aromatic heterocycles. The third-order valence-electron chi connectivity index (χ3n) is 6.65. The number of carbonyl (C=O) groups is 1. The molecule has 0 saturated heterocycles. The van der Waals surface area contributed by atoms with Crippen molar-refractivity contribution in [3.05, 3.63) is 53.1 Å². The van der Waals surface area contributed by atoms with Crippen LogP contribution in [0.25, 0.3) is 0 Å². The first-order chi connectivity index (χ1) is 15.5. The molecule has 170 valence electrons. The lowest BCUT2D eigenvalue weighted by Gasteiger charge is -2.31. The molecule has 0 atom stereocenters. The van der Waals surface area contributed by atoms with Gasteiger partial charge in [-0.3, -0.25) is 9.79 Å². The number of amides is 1. The standard InChI is InChI=1S/C27H35N3OS/c1-4-23-22-17-19(2)11-13-25(22)32-26-14-12-20(18-24(26)29-23)27(31)28-15-8-16-30(3)21-9-6-5-7-10-21/h11-14,17-18,21H,4-10,15-16H2,1-3H3,(H,28,31). The van der Waals surface area contributed by atoms with Crippen molar-refractivity contribution in [2.24, 2.45) is 4.99 Å². The van der Waals surface area contributed by atoms with Crippen molar-refractivity contribution in [2.45, 2.75) is 74.6 Å². The average molecular weight is 450 g/mol. The van der Waals surface area contributed by atoms with Gasteiger partial charge in [0.05, 0.1) is 5.69 Å². The van der Waals surface area contributed by atoms with Crippen molar-refractivity contribution >= 4 is 29.1 Å². The van der Waals surface area contributed by atoms with Crippen LogP contribution in [0.4, 0.5) is 5.69 Å². The Hall–Kier alpha value is -2.11. The van der Waals surface area contributed by atoms with Crippen LogP contribution in [-0.2, 0) is 0 Å². The molecule has 1 aliphatic heterocycles. The molecule has 1 amide bonds. The molecule has 2 aliphatic rings. The quantitative estimate of drug-likeness (QED) is 0.499. The summed E-state index contributed by atoms with van der Waals surface area (Å²) >= 11 is 1.74. The van der Waals surface area contributed by atoms with Gasteiger partial charge in [-0.2, -0.15) is 0 Å². The SMILES string of the molecule is CCC1=Nc2cc(C(=O)NCCCN(C)C3CCCCC3)ccc2Sc2ccc(C)cc21. The molecular weight excluding hydrogens is 414 g/mol. The Morgan fingerprint density at radius 3 is 2.69 bits per heavy atom. The van der Waals surface area contributed by atoms with Gasteiger partial charge in [0.1, 0.15) is 0 Å². The van der Waals surface area contributed by atoms with E-state index < -0.39 is 0 Å². The molecule has 1 heterocycles. The minimum atomic E-state index is -0.0102. The van der Waals surface area contributed by atoms with Gasteiger partial charge in [-0.25, -0.2) is 0 Å². The predicted octanol–water partition coefficient (Wildman–Crippen LogP) is 6.37. The number of hydrogen-bond acceptors (Lipinski definition) is 4. The second kappa shape index (κ2) is 10.7. The van der Waals surface area contributed by atoms with Crippen LogP contribution in [0.15, 0.2) is 51.2 Å². The van der Waals surface area contributed by atoms with Crippen LogP contribution < -0.4 is 5.32 Å². The Labute approximate surface area is 196 Å². The van der Waals surface area contributed by atoms with Gasteiger partial charge in [-0.1, -0.05) is 49.6 Å². The van der Waals surface area contributed by atoms with Crippen molar-refractivity contribution in [2.75, 3.05) is 20.1 Å². The Morgan fingerprint density at radius 2 is 1.91 bits per heavy atom. The molecule has 1 fully saturated rings. The summed E-state index contributed by atoms with van der Waals surface area (Å²) in [4.78, 5) is 22.6. The van der Waals surface area contributed by atoms with Gasteiger partial charge in [0.15, 0.2) is 0 Å². The highest BCUT2D eigenvalue weighted by Gasteiger charge is 2.19. The van der Waals surface area contributed by atoms with Crippen LogP contribution in [0.3, 0.4) is 0 Å². The van der Waals surface area contributed by atoms with Crippen LogP contribution in [-0.4, -0.2) is 42.7 Å². The molecule has 1 N–H and O–H groups in total. The molecule has 0 bridgehead atoms. The maximum atomic E-state index is 12.8. The fourth-order valence-electron chi connectivity index (χ4n) is 4.72. The zero-order chi connectivity index (χ0) is 22.5. The molecule has 0 unspecified atom stereocenters. The number of aliphatic imine (C=N–C) groups is 1. The van der Waals surface area contributed by atoms with E-state index in [1.54, 1.807) is 11.8 Å². The molecule has 1 aliphatic carbocycles. The highest BCUT2D eigenvalue weighted by molar-refractivity contribution is 7.99. The molecule has 1 saturated carbocycles. The third-order valence-corrected chi connectivity index (χ3v) is 7.79. The molecule has 0 spiro atoms. The van der Waals surface area contributed by atoms with Gasteiger partial charge in [-0.15, -0.1) is 0 Å². The van der Waals surface area contributed by atoms with E-state index in [-0.39, 0.29) is 5.91 Å². The van der Waals surface area contributed by atoms with Crippen molar-refractivity contribution in [1.82, 2.24) is 10.2 Å². The minimum Gasteiger partial charge on any atom is -0.352 e. The number of carbonyl (C=O) groups excluding carboxylic acids is 1. The van der Waals surface area contributed by atoms with E-state index in [4.69, 9.17) is 4.99 Å². The first-order valence-corrected chi connectivity index (χ1v) is 12.9. The van der Waals surface area contributed by atoms with Gasteiger partial charge in [-0.05, 0) is 76.5 Å². The first kappa shape index (κ1) is 23.1. The maximum absolute atomic E-state index is 12.8. The van der Waals surface area contributed by atoms with E-state index >= 15 is 0 Å². The van der Waals surface area contributed by atoms with E-state index in [0.29, 0.717) is 12.1 Å².